The lowest BCUT2D eigenvalue weighted by Crippen LogP contribution is -2.52. The van der Waals surface area contributed by atoms with Crippen molar-refractivity contribution in [3.8, 4) is 0 Å². The Morgan fingerprint density at radius 2 is 2.25 bits per heavy atom. The molecule has 0 aromatic heterocycles. The minimum atomic E-state index is -0.468. The van der Waals surface area contributed by atoms with E-state index in [1.54, 1.807) is 0 Å². The first-order valence-corrected chi connectivity index (χ1v) is 4.85. The van der Waals surface area contributed by atoms with Crippen molar-refractivity contribution in [2.75, 3.05) is 18.9 Å². The molecule has 1 aromatic carbocycles. The molecule has 16 heavy (non-hydrogen) atoms. The van der Waals surface area contributed by atoms with Crippen LogP contribution in [0.4, 0.5) is 5.69 Å². The SMILES string of the molecule is C[C@]1(c2cccc(N)c2)COCC(=O)N1.Cl. The van der Waals surface area contributed by atoms with Gasteiger partial charge in [0.1, 0.15) is 6.61 Å². The number of nitrogens with two attached hydrogens (primary N) is 1. The molecule has 88 valence electrons. The van der Waals surface area contributed by atoms with Gasteiger partial charge in [-0.15, -0.1) is 12.4 Å². The topological polar surface area (TPSA) is 64.3 Å². The lowest BCUT2D eigenvalue weighted by Gasteiger charge is -2.34. The van der Waals surface area contributed by atoms with Crippen LogP contribution in [0.2, 0.25) is 0 Å². The second-order valence-corrected chi connectivity index (χ2v) is 4.00. The third-order valence-corrected chi connectivity index (χ3v) is 2.56. The number of morpholine rings is 1. The number of carbonyl (C=O) groups excluding carboxylic acids is 1. The average molecular weight is 243 g/mol. The molecule has 1 aliphatic rings. The van der Waals surface area contributed by atoms with Crippen LogP contribution < -0.4 is 11.1 Å². The summed E-state index contributed by atoms with van der Waals surface area (Å²) in [6.07, 6.45) is 0. The molecule has 1 saturated heterocycles. The zero-order chi connectivity index (χ0) is 10.9. The number of anilines is 1. The summed E-state index contributed by atoms with van der Waals surface area (Å²) in [5, 5.41) is 2.92. The summed E-state index contributed by atoms with van der Waals surface area (Å²) < 4.78 is 5.24. The summed E-state index contributed by atoms with van der Waals surface area (Å²) in [6, 6.07) is 7.48. The predicted octanol–water partition coefficient (Wildman–Crippen LogP) is 1.05. The summed E-state index contributed by atoms with van der Waals surface area (Å²) >= 11 is 0. The zero-order valence-corrected chi connectivity index (χ0v) is 9.84. The normalized spacial score (nSPS) is 24.4. The second-order valence-electron chi connectivity index (χ2n) is 4.00. The van der Waals surface area contributed by atoms with Gasteiger partial charge in [0.15, 0.2) is 0 Å². The van der Waals surface area contributed by atoms with Crippen molar-refractivity contribution in [1.29, 1.82) is 0 Å². The fourth-order valence-electron chi connectivity index (χ4n) is 1.77. The van der Waals surface area contributed by atoms with E-state index in [2.05, 4.69) is 5.32 Å². The van der Waals surface area contributed by atoms with Gasteiger partial charge in [0.05, 0.1) is 12.1 Å². The van der Waals surface area contributed by atoms with Crippen LogP contribution in [0.1, 0.15) is 12.5 Å². The summed E-state index contributed by atoms with van der Waals surface area (Å²) in [5.41, 5.74) is 6.89. The van der Waals surface area contributed by atoms with E-state index in [-0.39, 0.29) is 24.9 Å². The van der Waals surface area contributed by atoms with E-state index in [1.807, 2.05) is 31.2 Å². The minimum Gasteiger partial charge on any atom is -0.399 e. The van der Waals surface area contributed by atoms with Crippen LogP contribution in [0, 0.1) is 0 Å². The highest BCUT2D eigenvalue weighted by atomic mass is 35.5. The van der Waals surface area contributed by atoms with E-state index >= 15 is 0 Å². The third kappa shape index (κ3) is 2.46. The standard InChI is InChI=1S/C11H14N2O2.ClH/c1-11(7-15-6-10(14)13-11)8-3-2-4-9(12)5-8;/h2-5H,6-7,12H2,1H3,(H,13,14);1H/t11-;/m1./s1. The van der Waals surface area contributed by atoms with Gasteiger partial charge in [-0.25, -0.2) is 0 Å². The summed E-state index contributed by atoms with van der Waals surface area (Å²) in [5.74, 6) is -0.0915. The highest BCUT2D eigenvalue weighted by Crippen LogP contribution is 2.24. The predicted molar refractivity (Wildman–Crippen MR) is 64.4 cm³/mol. The molecule has 0 spiro atoms. The Balaban J connectivity index is 0.00000128. The van der Waals surface area contributed by atoms with Gasteiger partial charge in [0, 0.05) is 5.69 Å². The van der Waals surface area contributed by atoms with E-state index in [1.165, 1.54) is 0 Å². The van der Waals surface area contributed by atoms with Gasteiger partial charge in [-0.2, -0.15) is 0 Å². The molecule has 1 heterocycles. The molecule has 0 unspecified atom stereocenters. The first-order valence-electron chi connectivity index (χ1n) is 4.85. The number of hydrogen-bond donors (Lipinski definition) is 2. The largest absolute Gasteiger partial charge is 0.399 e. The van der Waals surface area contributed by atoms with Crippen molar-refractivity contribution in [1.82, 2.24) is 5.32 Å². The van der Waals surface area contributed by atoms with Crippen LogP contribution in [0.25, 0.3) is 0 Å². The number of halogens is 1. The number of rotatable bonds is 1. The molecule has 0 bridgehead atoms. The molecule has 1 aromatic rings. The van der Waals surface area contributed by atoms with E-state index < -0.39 is 5.54 Å². The van der Waals surface area contributed by atoms with Crippen LogP contribution in [-0.4, -0.2) is 19.1 Å². The van der Waals surface area contributed by atoms with Gasteiger partial charge in [0.25, 0.3) is 0 Å². The van der Waals surface area contributed by atoms with Gasteiger partial charge >= 0.3 is 0 Å². The van der Waals surface area contributed by atoms with Crippen molar-refractivity contribution < 1.29 is 9.53 Å². The molecule has 1 aliphatic heterocycles. The minimum absolute atomic E-state index is 0. The van der Waals surface area contributed by atoms with Crippen LogP contribution in [0.3, 0.4) is 0 Å². The maximum Gasteiger partial charge on any atom is 0.246 e. The van der Waals surface area contributed by atoms with E-state index in [0.717, 1.165) is 5.56 Å². The number of amides is 1. The first kappa shape index (κ1) is 12.8. The molecule has 1 atom stereocenters. The van der Waals surface area contributed by atoms with Crippen LogP contribution in [0.15, 0.2) is 24.3 Å². The maximum absolute atomic E-state index is 11.3. The number of benzene rings is 1. The van der Waals surface area contributed by atoms with Gasteiger partial charge in [-0.05, 0) is 24.6 Å². The van der Waals surface area contributed by atoms with Crippen molar-refractivity contribution in [3.05, 3.63) is 29.8 Å². The van der Waals surface area contributed by atoms with Gasteiger partial charge < -0.3 is 15.8 Å². The number of carbonyl (C=O) groups is 1. The van der Waals surface area contributed by atoms with E-state index in [4.69, 9.17) is 10.5 Å². The van der Waals surface area contributed by atoms with Crippen molar-refractivity contribution in [3.63, 3.8) is 0 Å². The Bertz CT molecular complexity index is 397. The summed E-state index contributed by atoms with van der Waals surface area (Å²) in [7, 11) is 0. The van der Waals surface area contributed by atoms with Crippen LogP contribution >= 0.6 is 12.4 Å². The molecular weight excluding hydrogens is 228 g/mol. The zero-order valence-electron chi connectivity index (χ0n) is 9.03. The Hall–Kier alpha value is -1.26. The molecule has 1 fully saturated rings. The van der Waals surface area contributed by atoms with Gasteiger partial charge in [0.2, 0.25) is 5.91 Å². The van der Waals surface area contributed by atoms with Crippen LogP contribution in [-0.2, 0) is 15.1 Å². The quantitative estimate of drug-likeness (QED) is 0.724. The van der Waals surface area contributed by atoms with Crippen molar-refractivity contribution >= 4 is 24.0 Å². The van der Waals surface area contributed by atoms with Gasteiger partial charge in [-0.1, -0.05) is 12.1 Å². The Kier molecular flexibility index (Phi) is 3.78. The van der Waals surface area contributed by atoms with Crippen LogP contribution in [0.5, 0.6) is 0 Å². The number of nitrogens with one attached hydrogen (secondary N) is 1. The third-order valence-electron chi connectivity index (χ3n) is 2.56. The smallest absolute Gasteiger partial charge is 0.246 e. The summed E-state index contributed by atoms with van der Waals surface area (Å²) in [4.78, 5) is 11.3. The average Bonchev–Trinajstić information content (AvgIpc) is 2.17. The highest BCUT2D eigenvalue weighted by molar-refractivity contribution is 5.85. The molecule has 0 aliphatic carbocycles. The molecule has 0 radical (unpaired) electrons. The number of ether oxygens (including phenoxy) is 1. The van der Waals surface area contributed by atoms with Crippen molar-refractivity contribution in [2.24, 2.45) is 0 Å². The summed E-state index contributed by atoms with van der Waals surface area (Å²) in [6.45, 7) is 2.54. The Morgan fingerprint density at radius 3 is 2.88 bits per heavy atom. The Morgan fingerprint density at radius 1 is 1.50 bits per heavy atom. The fourth-order valence-corrected chi connectivity index (χ4v) is 1.77. The van der Waals surface area contributed by atoms with Crippen molar-refractivity contribution in [2.45, 2.75) is 12.5 Å². The molecule has 1 amide bonds. The highest BCUT2D eigenvalue weighted by Gasteiger charge is 2.32. The lowest BCUT2D eigenvalue weighted by molar-refractivity contribution is -0.135. The maximum atomic E-state index is 11.3. The molecule has 3 N–H and O–H groups in total. The second kappa shape index (κ2) is 4.72. The molecule has 0 saturated carbocycles. The Labute approximate surface area is 101 Å². The lowest BCUT2D eigenvalue weighted by atomic mass is 9.91. The molecular formula is C11H15ClN2O2. The number of hydrogen-bond acceptors (Lipinski definition) is 3. The molecule has 5 heteroatoms. The van der Waals surface area contributed by atoms with E-state index in [0.29, 0.717) is 12.3 Å². The first-order chi connectivity index (χ1) is 7.10. The monoisotopic (exact) mass is 242 g/mol. The molecule has 4 nitrogen and oxygen atoms in total. The number of nitrogen functional groups attached to an aromatic ring is 1. The van der Waals surface area contributed by atoms with E-state index in [9.17, 15) is 4.79 Å². The fraction of sp³-hybridized carbons (Fsp3) is 0.364. The molecule has 2 rings (SSSR count). The van der Waals surface area contributed by atoms with Gasteiger partial charge in [-0.3, -0.25) is 4.79 Å².